The predicted molar refractivity (Wildman–Crippen MR) is 94.8 cm³/mol. The summed E-state index contributed by atoms with van der Waals surface area (Å²) in [6.45, 7) is 9.84. The van der Waals surface area contributed by atoms with Crippen molar-refractivity contribution >= 4 is 5.91 Å². The quantitative estimate of drug-likeness (QED) is 0.741. The Kier molecular flexibility index (Phi) is 7.69. The van der Waals surface area contributed by atoms with Crippen molar-refractivity contribution in [2.24, 2.45) is 0 Å². The van der Waals surface area contributed by atoms with Gasteiger partial charge in [-0.1, -0.05) is 30.3 Å². The molecule has 0 saturated carbocycles. The first-order valence-electron chi connectivity index (χ1n) is 8.82. The van der Waals surface area contributed by atoms with Crippen molar-refractivity contribution < 1.29 is 14.3 Å². The SMILES string of the molecule is C[C@@H]1CN([C@@H](C)CNC(=O)CCOCc2ccccc2)C[C@H](C)O1. The van der Waals surface area contributed by atoms with Gasteiger partial charge in [0.25, 0.3) is 0 Å². The molecule has 3 atom stereocenters. The summed E-state index contributed by atoms with van der Waals surface area (Å²) in [6, 6.07) is 10.3. The van der Waals surface area contributed by atoms with E-state index >= 15 is 0 Å². The molecule has 134 valence electrons. The molecule has 0 aromatic heterocycles. The van der Waals surface area contributed by atoms with Crippen LogP contribution in [0, 0.1) is 0 Å². The summed E-state index contributed by atoms with van der Waals surface area (Å²) in [5.74, 6) is 0.0456. The number of carbonyl (C=O) groups excluding carboxylic acids is 1. The molecule has 24 heavy (non-hydrogen) atoms. The molecule has 5 heteroatoms. The zero-order valence-electron chi connectivity index (χ0n) is 15.0. The molecule has 0 unspecified atom stereocenters. The third kappa shape index (κ3) is 6.59. The van der Waals surface area contributed by atoms with Crippen LogP contribution in [0.1, 0.15) is 32.8 Å². The molecule has 0 radical (unpaired) electrons. The summed E-state index contributed by atoms with van der Waals surface area (Å²) in [6.07, 6.45) is 0.895. The first-order valence-corrected chi connectivity index (χ1v) is 8.82. The van der Waals surface area contributed by atoms with Crippen LogP contribution in [-0.4, -0.2) is 55.3 Å². The van der Waals surface area contributed by atoms with Crippen molar-refractivity contribution in [3.05, 3.63) is 35.9 Å². The Morgan fingerprint density at radius 2 is 1.96 bits per heavy atom. The summed E-state index contributed by atoms with van der Waals surface area (Å²) in [7, 11) is 0. The fraction of sp³-hybridized carbons (Fsp3) is 0.632. The molecule has 2 rings (SSSR count). The van der Waals surface area contributed by atoms with E-state index in [1.807, 2.05) is 30.3 Å². The van der Waals surface area contributed by atoms with Gasteiger partial charge in [0.15, 0.2) is 0 Å². The van der Waals surface area contributed by atoms with Gasteiger partial charge in [-0.15, -0.1) is 0 Å². The number of benzene rings is 1. The van der Waals surface area contributed by atoms with Crippen molar-refractivity contribution in [2.75, 3.05) is 26.2 Å². The Hall–Kier alpha value is -1.43. The molecular formula is C19H30N2O3. The zero-order chi connectivity index (χ0) is 17.4. The number of ether oxygens (including phenoxy) is 2. The van der Waals surface area contributed by atoms with Crippen LogP contribution in [0.2, 0.25) is 0 Å². The van der Waals surface area contributed by atoms with Crippen molar-refractivity contribution in [2.45, 2.75) is 52.0 Å². The van der Waals surface area contributed by atoms with E-state index in [1.54, 1.807) is 0 Å². The van der Waals surface area contributed by atoms with Crippen LogP contribution in [-0.2, 0) is 20.9 Å². The van der Waals surface area contributed by atoms with Crippen LogP contribution in [0.4, 0.5) is 0 Å². The monoisotopic (exact) mass is 334 g/mol. The van der Waals surface area contributed by atoms with Gasteiger partial charge in [-0.05, 0) is 26.3 Å². The van der Waals surface area contributed by atoms with E-state index in [9.17, 15) is 4.79 Å². The van der Waals surface area contributed by atoms with Gasteiger partial charge >= 0.3 is 0 Å². The van der Waals surface area contributed by atoms with E-state index in [0.717, 1.165) is 18.7 Å². The maximum absolute atomic E-state index is 11.9. The second-order valence-electron chi connectivity index (χ2n) is 6.65. The van der Waals surface area contributed by atoms with Gasteiger partial charge in [0, 0.05) is 32.1 Å². The van der Waals surface area contributed by atoms with E-state index in [1.165, 1.54) is 0 Å². The first kappa shape index (κ1) is 18.9. The largest absolute Gasteiger partial charge is 0.376 e. The molecule has 0 bridgehead atoms. The Bertz CT molecular complexity index is 485. The van der Waals surface area contributed by atoms with E-state index in [0.29, 0.717) is 32.2 Å². The highest BCUT2D eigenvalue weighted by molar-refractivity contribution is 5.75. The summed E-state index contributed by atoms with van der Waals surface area (Å²) in [5, 5.41) is 3.01. The van der Waals surface area contributed by atoms with Crippen LogP contribution in [0.3, 0.4) is 0 Å². The third-order valence-electron chi connectivity index (χ3n) is 4.25. The van der Waals surface area contributed by atoms with Crippen molar-refractivity contribution in [3.8, 4) is 0 Å². The van der Waals surface area contributed by atoms with Gasteiger partial charge in [0.05, 0.1) is 25.4 Å². The highest BCUT2D eigenvalue weighted by Gasteiger charge is 2.25. The highest BCUT2D eigenvalue weighted by Crippen LogP contribution is 2.13. The number of hydrogen-bond acceptors (Lipinski definition) is 4. The minimum absolute atomic E-state index is 0.0456. The summed E-state index contributed by atoms with van der Waals surface area (Å²) in [4.78, 5) is 14.3. The lowest BCUT2D eigenvalue weighted by Gasteiger charge is -2.39. The van der Waals surface area contributed by atoms with Crippen LogP contribution in [0.5, 0.6) is 0 Å². The molecule has 1 aliphatic heterocycles. The first-order chi connectivity index (χ1) is 11.5. The van der Waals surface area contributed by atoms with E-state index in [-0.39, 0.29) is 18.1 Å². The Labute approximate surface area is 145 Å². The Morgan fingerprint density at radius 3 is 2.62 bits per heavy atom. The van der Waals surface area contributed by atoms with Crippen molar-refractivity contribution in [1.29, 1.82) is 0 Å². The zero-order valence-corrected chi connectivity index (χ0v) is 15.0. The lowest BCUT2D eigenvalue weighted by Crippen LogP contribution is -2.52. The van der Waals surface area contributed by atoms with E-state index < -0.39 is 0 Å². The minimum Gasteiger partial charge on any atom is -0.376 e. The Balaban J connectivity index is 1.58. The fourth-order valence-electron chi connectivity index (χ4n) is 2.99. The molecule has 1 fully saturated rings. The van der Waals surface area contributed by atoms with Gasteiger partial charge in [-0.2, -0.15) is 0 Å². The topological polar surface area (TPSA) is 50.8 Å². The lowest BCUT2D eigenvalue weighted by atomic mass is 10.1. The average Bonchev–Trinajstić information content (AvgIpc) is 2.56. The van der Waals surface area contributed by atoms with Gasteiger partial charge in [-0.25, -0.2) is 0 Å². The molecule has 1 aromatic carbocycles. The van der Waals surface area contributed by atoms with Crippen molar-refractivity contribution in [1.82, 2.24) is 10.2 Å². The fourth-order valence-corrected chi connectivity index (χ4v) is 2.99. The van der Waals surface area contributed by atoms with Gasteiger partial charge < -0.3 is 14.8 Å². The molecule has 1 heterocycles. The molecule has 0 spiro atoms. The smallest absolute Gasteiger partial charge is 0.222 e. The standard InChI is InChI=1S/C19H30N2O3/c1-15(21-12-16(2)24-17(3)13-21)11-20-19(22)9-10-23-14-18-7-5-4-6-8-18/h4-8,15-17H,9-14H2,1-3H3,(H,20,22)/t15-,16-,17+/m0/s1. The predicted octanol–water partition coefficient (Wildman–Crippen LogP) is 2.21. The molecule has 1 aromatic rings. The van der Waals surface area contributed by atoms with Crippen LogP contribution in [0.15, 0.2) is 30.3 Å². The minimum atomic E-state index is 0.0456. The molecule has 1 amide bonds. The van der Waals surface area contributed by atoms with E-state index in [4.69, 9.17) is 9.47 Å². The summed E-state index contributed by atoms with van der Waals surface area (Å²) < 4.78 is 11.3. The number of morpholine rings is 1. The van der Waals surface area contributed by atoms with E-state index in [2.05, 4.69) is 31.0 Å². The maximum Gasteiger partial charge on any atom is 0.222 e. The number of rotatable bonds is 8. The van der Waals surface area contributed by atoms with Crippen LogP contribution in [0.25, 0.3) is 0 Å². The lowest BCUT2D eigenvalue weighted by molar-refractivity contribution is -0.122. The molecule has 1 N–H and O–H groups in total. The molecule has 5 nitrogen and oxygen atoms in total. The molecular weight excluding hydrogens is 304 g/mol. The van der Waals surface area contributed by atoms with Crippen LogP contribution < -0.4 is 5.32 Å². The molecule has 1 saturated heterocycles. The van der Waals surface area contributed by atoms with Crippen LogP contribution >= 0.6 is 0 Å². The van der Waals surface area contributed by atoms with Crippen molar-refractivity contribution in [3.63, 3.8) is 0 Å². The summed E-state index contributed by atoms with van der Waals surface area (Å²) in [5.41, 5.74) is 1.13. The van der Waals surface area contributed by atoms with Gasteiger partial charge in [-0.3, -0.25) is 9.69 Å². The van der Waals surface area contributed by atoms with Gasteiger partial charge in [0.2, 0.25) is 5.91 Å². The number of nitrogens with zero attached hydrogens (tertiary/aromatic N) is 1. The second kappa shape index (κ2) is 9.77. The number of carbonyl (C=O) groups is 1. The number of amides is 1. The second-order valence-corrected chi connectivity index (χ2v) is 6.65. The Morgan fingerprint density at radius 1 is 1.29 bits per heavy atom. The summed E-state index contributed by atoms with van der Waals surface area (Å²) >= 11 is 0. The third-order valence-corrected chi connectivity index (χ3v) is 4.25. The highest BCUT2D eigenvalue weighted by atomic mass is 16.5. The molecule has 1 aliphatic rings. The maximum atomic E-state index is 11.9. The average molecular weight is 334 g/mol. The normalized spacial score (nSPS) is 23.0. The number of hydrogen-bond donors (Lipinski definition) is 1. The van der Waals surface area contributed by atoms with Gasteiger partial charge in [0.1, 0.15) is 0 Å². The molecule has 0 aliphatic carbocycles. The number of nitrogens with one attached hydrogen (secondary N) is 1.